The summed E-state index contributed by atoms with van der Waals surface area (Å²) in [4.78, 5) is 11.9. The number of carbonyl (C=O) groups excluding carboxylic acids is 1. The maximum absolute atomic E-state index is 11.9. The van der Waals surface area contributed by atoms with Gasteiger partial charge in [-0.1, -0.05) is 54.1 Å². The van der Waals surface area contributed by atoms with E-state index in [1.54, 1.807) is 0 Å². The van der Waals surface area contributed by atoms with Crippen molar-refractivity contribution in [2.24, 2.45) is 5.73 Å². The van der Waals surface area contributed by atoms with E-state index in [1.165, 1.54) is 5.56 Å². The molecule has 0 saturated carbocycles. The first kappa shape index (κ1) is 14.3. The van der Waals surface area contributed by atoms with Crippen LogP contribution in [0.4, 0.5) is 0 Å². The van der Waals surface area contributed by atoms with Crippen molar-refractivity contribution in [2.75, 3.05) is 0 Å². The third-order valence-corrected chi connectivity index (χ3v) is 3.28. The fourth-order valence-corrected chi connectivity index (χ4v) is 2.04. The van der Waals surface area contributed by atoms with Crippen LogP contribution in [0.1, 0.15) is 28.3 Å². The summed E-state index contributed by atoms with van der Waals surface area (Å²) in [6, 6.07) is 14.6. The van der Waals surface area contributed by atoms with Crippen LogP contribution >= 0.6 is 0 Å². The van der Waals surface area contributed by atoms with Crippen molar-refractivity contribution in [3.63, 3.8) is 0 Å². The maximum Gasteiger partial charge on any atom is 0.327 e. The van der Waals surface area contributed by atoms with Gasteiger partial charge in [0.25, 0.3) is 0 Å². The lowest BCUT2D eigenvalue weighted by Gasteiger charge is -2.13. The average Bonchev–Trinajstić information content (AvgIpc) is 2.46. The van der Waals surface area contributed by atoms with Crippen LogP contribution in [-0.4, -0.2) is 5.97 Å². The van der Waals surface area contributed by atoms with Crippen molar-refractivity contribution in [2.45, 2.75) is 26.5 Å². The molecule has 0 aliphatic heterocycles. The Morgan fingerprint density at radius 3 is 2.50 bits per heavy atom. The Labute approximate surface area is 119 Å². The van der Waals surface area contributed by atoms with Crippen LogP contribution in [0.5, 0.6) is 0 Å². The van der Waals surface area contributed by atoms with E-state index in [1.807, 2.05) is 56.3 Å². The third kappa shape index (κ3) is 3.45. The monoisotopic (exact) mass is 269 g/mol. The van der Waals surface area contributed by atoms with Gasteiger partial charge in [-0.15, -0.1) is 0 Å². The molecule has 0 radical (unpaired) electrons. The smallest absolute Gasteiger partial charge is 0.327 e. The summed E-state index contributed by atoms with van der Waals surface area (Å²) in [5.74, 6) is -0.406. The molecule has 0 aliphatic rings. The average molecular weight is 269 g/mol. The van der Waals surface area contributed by atoms with Crippen LogP contribution in [0.15, 0.2) is 48.5 Å². The van der Waals surface area contributed by atoms with Crippen LogP contribution in [0, 0.1) is 13.8 Å². The molecule has 0 aromatic heterocycles. The third-order valence-electron chi connectivity index (χ3n) is 3.28. The Balaban J connectivity index is 1.98. The van der Waals surface area contributed by atoms with Crippen molar-refractivity contribution in [3.8, 4) is 0 Å². The second-order valence-electron chi connectivity index (χ2n) is 4.93. The topological polar surface area (TPSA) is 52.3 Å². The summed E-state index contributed by atoms with van der Waals surface area (Å²) in [7, 11) is 0. The van der Waals surface area contributed by atoms with Gasteiger partial charge in [-0.2, -0.15) is 0 Å². The van der Waals surface area contributed by atoms with E-state index in [4.69, 9.17) is 10.5 Å². The first-order chi connectivity index (χ1) is 9.58. The standard InChI is InChI=1S/C17H19NO2/c1-12-8-9-15(13(2)10-12)11-20-17(19)16(18)14-6-4-3-5-7-14/h3-10,16H,11,18H2,1-2H3. The largest absolute Gasteiger partial charge is 0.459 e. The molecule has 1 unspecified atom stereocenters. The first-order valence-corrected chi connectivity index (χ1v) is 6.61. The van der Waals surface area contributed by atoms with Gasteiger partial charge in [0.15, 0.2) is 0 Å². The quantitative estimate of drug-likeness (QED) is 0.868. The van der Waals surface area contributed by atoms with Crippen molar-refractivity contribution >= 4 is 5.97 Å². The lowest BCUT2D eigenvalue weighted by molar-refractivity contribution is -0.146. The molecule has 2 aromatic carbocycles. The molecule has 1 atom stereocenters. The summed E-state index contributed by atoms with van der Waals surface area (Å²) in [5.41, 5.74) is 9.97. The van der Waals surface area contributed by atoms with E-state index in [9.17, 15) is 4.79 Å². The van der Waals surface area contributed by atoms with Gasteiger partial charge in [0.2, 0.25) is 0 Å². The van der Waals surface area contributed by atoms with Crippen molar-refractivity contribution < 1.29 is 9.53 Å². The number of rotatable bonds is 4. The SMILES string of the molecule is Cc1ccc(COC(=O)C(N)c2ccccc2)c(C)c1. The molecule has 3 nitrogen and oxygen atoms in total. The zero-order chi connectivity index (χ0) is 14.5. The van der Waals surface area contributed by atoms with Gasteiger partial charge in [-0.25, -0.2) is 4.79 Å². The molecule has 2 N–H and O–H groups in total. The Hall–Kier alpha value is -2.13. The molecule has 104 valence electrons. The summed E-state index contributed by atoms with van der Waals surface area (Å²) in [6.45, 7) is 4.30. The van der Waals surface area contributed by atoms with E-state index in [2.05, 4.69) is 6.07 Å². The van der Waals surface area contributed by atoms with Gasteiger partial charge in [0, 0.05) is 0 Å². The molecule has 0 spiro atoms. The molecule has 3 heteroatoms. The minimum atomic E-state index is -0.734. The van der Waals surface area contributed by atoms with E-state index >= 15 is 0 Å². The number of hydrogen-bond acceptors (Lipinski definition) is 3. The molecule has 0 amide bonds. The van der Waals surface area contributed by atoms with Crippen LogP contribution in [-0.2, 0) is 16.1 Å². The molecule has 2 aromatic rings. The van der Waals surface area contributed by atoms with Crippen LogP contribution in [0.2, 0.25) is 0 Å². The summed E-state index contributed by atoms with van der Waals surface area (Å²) < 4.78 is 5.30. The van der Waals surface area contributed by atoms with Gasteiger partial charge < -0.3 is 10.5 Å². The Kier molecular flexibility index (Phi) is 4.53. The highest BCUT2D eigenvalue weighted by Crippen LogP contribution is 2.15. The first-order valence-electron chi connectivity index (χ1n) is 6.61. The fraction of sp³-hybridized carbons (Fsp3) is 0.235. The molecule has 0 saturated heterocycles. The van der Waals surface area contributed by atoms with E-state index < -0.39 is 12.0 Å². The highest BCUT2D eigenvalue weighted by atomic mass is 16.5. The summed E-state index contributed by atoms with van der Waals surface area (Å²) in [6.07, 6.45) is 0. The molecule has 2 rings (SSSR count). The Bertz CT molecular complexity index is 593. The van der Waals surface area contributed by atoms with E-state index in [0.717, 1.165) is 16.7 Å². The van der Waals surface area contributed by atoms with Crippen LogP contribution in [0.3, 0.4) is 0 Å². The van der Waals surface area contributed by atoms with Gasteiger partial charge in [-0.05, 0) is 30.5 Å². The van der Waals surface area contributed by atoms with Gasteiger partial charge in [-0.3, -0.25) is 0 Å². The predicted octanol–water partition coefficient (Wildman–Crippen LogP) is 3.05. The number of aryl methyl sites for hydroxylation is 2. The zero-order valence-corrected chi connectivity index (χ0v) is 11.8. The van der Waals surface area contributed by atoms with E-state index in [0.29, 0.717) is 0 Å². The molecule has 0 heterocycles. The number of ether oxygens (including phenoxy) is 1. The normalized spacial score (nSPS) is 11.9. The highest BCUT2D eigenvalue weighted by Gasteiger charge is 2.17. The molecule has 0 bridgehead atoms. The molecular weight excluding hydrogens is 250 g/mol. The summed E-state index contributed by atoms with van der Waals surface area (Å²) in [5, 5.41) is 0. The van der Waals surface area contributed by atoms with Gasteiger partial charge >= 0.3 is 5.97 Å². The molecule has 20 heavy (non-hydrogen) atoms. The maximum atomic E-state index is 11.9. The number of esters is 1. The Morgan fingerprint density at radius 1 is 1.15 bits per heavy atom. The number of hydrogen-bond donors (Lipinski definition) is 1. The van der Waals surface area contributed by atoms with Gasteiger partial charge in [0.1, 0.15) is 12.6 Å². The summed E-state index contributed by atoms with van der Waals surface area (Å²) >= 11 is 0. The second-order valence-corrected chi connectivity index (χ2v) is 4.93. The number of benzene rings is 2. The fourth-order valence-electron chi connectivity index (χ4n) is 2.04. The predicted molar refractivity (Wildman–Crippen MR) is 79.1 cm³/mol. The molecule has 0 aliphatic carbocycles. The number of nitrogens with two attached hydrogens (primary N) is 1. The highest BCUT2D eigenvalue weighted by molar-refractivity contribution is 5.77. The minimum Gasteiger partial charge on any atom is -0.459 e. The van der Waals surface area contributed by atoms with Gasteiger partial charge in [0.05, 0.1) is 0 Å². The minimum absolute atomic E-state index is 0.255. The van der Waals surface area contributed by atoms with Crippen LogP contribution < -0.4 is 5.73 Å². The number of carbonyl (C=O) groups is 1. The second kappa shape index (κ2) is 6.35. The van der Waals surface area contributed by atoms with Crippen molar-refractivity contribution in [3.05, 3.63) is 70.8 Å². The molecular formula is C17H19NO2. The lowest BCUT2D eigenvalue weighted by Crippen LogP contribution is -2.23. The van der Waals surface area contributed by atoms with E-state index in [-0.39, 0.29) is 6.61 Å². The zero-order valence-electron chi connectivity index (χ0n) is 11.8. The van der Waals surface area contributed by atoms with Crippen molar-refractivity contribution in [1.29, 1.82) is 0 Å². The molecule has 0 fully saturated rings. The lowest BCUT2D eigenvalue weighted by atomic mass is 10.1. The van der Waals surface area contributed by atoms with Crippen molar-refractivity contribution in [1.82, 2.24) is 0 Å². The van der Waals surface area contributed by atoms with Crippen LogP contribution in [0.25, 0.3) is 0 Å². The Morgan fingerprint density at radius 2 is 1.85 bits per heavy atom.